The van der Waals surface area contributed by atoms with Gasteiger partial charge in [-0.25, -0.2) is 4.98 Å². The van der Waals surface area contributed by atoms with Crippen LogP contribution in [-0.2, 0) is 4.79 Å². The molecule has 0 spiro atoms. The van der Waals surface area contributed by atoms with Crippen molar-refractivity contribution in [2.45, 2.75) is 25.8 Å². The van der Waals surface area contributed by atoms with Gasteiger partial charge in [0, 0.05) is 23.1 Å². The van der Waals surface area contributed by atoms with Gasteiger partial charge in [0.15, 0.2) is 0 Å². The lowest BCUT2D eigenvalue weighted by atomic mass is 9.99. The molecule has 2 aromatic rings. The standard InChI is InChI=1S/C14H15BBrN3O/c1-2-3-12(19-7-6-11(16)9-19)14(20)18-13-5-4-10(15)8-17-13/h4-9,12H,2-3H2,1H3,(H,17,18,20). The van der Waals surface area contributed by atoms with Gasteiger partial charge in [-0.05, 0) is 34.5 Å². The zero-order chi connectivity index (χ0) is 14.5. The number of carbonyl (C=O) groups excluding carboxylic acids is 1. The molecule has 2 heterocycles. The van der Waals surface area contributed by atoms with E-state index in [1.165, 1.54) is 6.20 Å². The number of nitrogens with zero attached hydrogens (tertiary/aromatic N) is 2. The Morgan fingerprint density at radius 3 is 2.85 bits per heavy atom. The van der Waals surface area contributed by atoms with Crippen LogP contribution in [0.2, 0.25) is 0 Å². The van der Waals surface area contributed by atoms with Crippen molar-refractivity contribution < 1.29 is 4.79 Å². The van der Waals surface area contributed by atoms with E-state index in [9.17, 15) is 4.79 Å². The molecule has 102 valence electrons. The summed E-state index contributed by atoms with van der Waals surface area (Å²) in [6, 6.07) is 5.08. The molecule has 20 heavy (non-hydrogen) atoms. The van der Waals surface area contributed by atoms with Gasteiger partial charge < -0.3 is 9.88 Å². The Bertz CT molecular complexity index is 582. The predicted octanol–water partition coefficient (Wildman–Crippen LogP) is 2.42. The summed E-state index contributed by atoms with van der Waals surface area (Å²) in [5, 5.41) is 2.82. The molecule has 2 aromatic heterocycles. The number of halogens is 1. The van der Waals surface area contributed by atoms with Crippen molar-refractivity contribution in [3.63, 3.8) is 0 Å². The van der Waals surface area contributed by atoms with Crippen molar-refractivity contribution in [3.8, 4) is 0 Å². The third kappa shape index (κ3) is 3.73. The lowest BCUT2D eigenvalue weighted by molar-refractivity contribution is -0.119. The van der Waals surface area contributed by atoms with E-state index in [2.05, 4.69) is 33.2 Å². The third-order valence-electron chi connectivity index (χ3n) is 2.94. The van der Waals surface area contributed by atoms with E-state index < -0.39 is 0 Å². The van der Waals surface area contributed by atoms with Gasteiger partial charge in [-0.2, -0.15) is 0 Å². The summed E-state index contributed by atoms with van der Waals surface area (Å²) in [7, 11) is 5.57. The average molecular weight is 332 g/mol. The van der Waals surface area contributed by atoms with Gasteiger partial charge in [0.2, 0.25) is 5.91 Å². The fourth-order valence-electron chi connectivity index (χ4n) is 1.96. The molecule has 1 unspecified atom stereocenters. The van der Waals surface area contributed by atoms with Gasteiger partial charge in [-0.15, -0.1) is 0 Å². The van der Waals surface area contributed by atoms with Gasteiger partial charge in [0.1, 0.15) is 19.7 Å². The van der Waals surface area contributed by atoms with Gasteiger partial charge in [0.05, 0.1) is 0 Å². The number of rotatable bonds is 5. The Hall–Kier alpha value is -1.56. The maximum atomic E-state index is 12.4. The van der Waals surface area contributed by atoms with Gasteiger partial charge in [0.25, 0.3) is 0 Å². The normalized spacial score (nSPS) is 12.1. The molecule has 6 heteroatoms. The zero-order valence-corrected chi connectivity index (χ0v) is 12.8. The fourth-order valence-corrected chi connectivity index (χ4v) is 2.31. The molecule has 4 nitrogen and oxygen atoms in total. The monoisotopic (exact) mass is 331 g/mol. The van der Waals surface area contributed by atoms with Crippen LogP contribution in [-0.4, -0.2) is 23.3 Å². The number of nitrogens with one attached hydrogen (secondary N) is 1. The summed E-state index contributed by atoms with van der Waals surface area (Å²) in [6.45, 7) is 2.06. The Morgan fingerprint density at radius 1 is 1.50 bits per heavy atom. The largest absolute Gasteiger partial charge is 0.341 e. The summed E-state index contributed by atoms with van der Waals surface area (Å²) >= 11 is 3.40. The molecule has 2 rings (SSSR count). The van der Waals surface area contributed by atoms with E-state index in [-0.39, 0.29) is 11.9 Å². The van der Waals surface area contributed by atoms with Crippen molar-refractivity contribution in [1.29, 1.82) is 0 Å². The first kappa shape index (κ1) is 14.8. The molecule has 0 fully saturated rings. The second-order valence-electron chi connectivity index (χ2n) is 4.55. The van der Waals surface area contributed by atoms with E-state index >= 15 is 0 Å². The number of carbonyl (C=O) groups is 1. The smallest absolute Gasteiger partial charge is 0.248 e. The van der Waals surface area contributed by atoms with Gasteiger partial charge in [-0.3, -0.25) is 4.79 Å². The quantitative estimate of drug-likeness (QED) is 0.855. The lowest BCUT2D eigenvalue weighted by Crippen LogP contribution is -2.26. The van der Waals surface area contributed by atoms with Crippen molar-refractivity contribution in [1.82, 2.24) is 9.55 Å². The molecule has 0 aliphatic carbocycles. The molecule has 0 aromatic carbocycles. The minimum atomic E-state index is -0.245. The first-order chi connectivity index (χ1) is 9.60. The van der Waals surface area contributed by atoms with E-state index in [4.69, 9.17) is 7.85 Å². The van der Waals surface area contributed by atoms with Crippen molar-refractivity contribution in [2.75, 3.05) is 5.32 Å². The molecule has 0 saturated heterocycles. The molecule has 1 atom stereocenters. The van der Waals surface area contributed by atoms with Crippen LogP contribution in [0.3, 0.4) is 0 Å². The lowest BCUT2D eigenvalue weighted by Gasteiger charge is -2.17. The number of aromatic nitrogens is 2. The van der Waals surface area contributed by atoms with Crippen LogP contribution >= 0.6 is 15.9 Å². The highest BCUT2D eigenvalue weighted by atomic mass is 79.9. The predicted molar refractivity (Wildman–Crippen MR) is 84.3 cm³/mol. The summed E-state index contributed by atoms with van der Waals surface area (Å²) in [5.41, 5.74) is 0.572. The maximum absolute atomic E-state index is 12.4. The summed E-state index contributed by atoms with van der Waals surface area (Å²) in [6.07, 6.45) is 7.00. The number of hydrogen-bond donors (Lipinski definition) is 1. The molecule has 0 aliphatic heterocycles. The summed E-state index contributed by atoms with van der Waals surface area (Å²) in [5.74, 6) is 0.434. The highest BCUT2D eigenvalue weighted by Crippen LogP contribution is 2.20. The Labute approximate surface area is 128 Å². The minimum Gasteiger partial charge on any atom is -0.341 e. The number of pyridine rings is 1. The van der Waals surface area contributed by atoms with Crippen LogP contribution in [0, 0.1) is 0 Å². The highest BCUT2D eigenvalue weighted by Gasteiger charge is 2.19. The average Bonchev–Trinajstić information content (AvgIpc) is 2.85. The first-order valence-corrected chi connectivity index (χ1v) is 7.25. The maximum Gasteiger partial charge on any atom is 0.248 e. The Morgan fingerprint density at radius 2 is 2.30 bits per heavy atom. The van der Waals surface area contributed by atoms with Crippen LogP contribution in [0.5, 0.6) is 0 Å². The molecule has 1 N–H and O–H groups in total. The molecule has 1 amide bonds. The molecule has 0 saturated carbocycles. The molecule has 2 radical (unpaired) electrons. The van der Waals surface area contributed by atoms with Crippen LogP contribution in [0.4, 0.5) is 5.82 Å². The van der Waals surface area contributed by atoms with E-state index in [0.29, 0.717) is 11.3 Å². The van der Waals surface area contributed by atoms with Crippen LogP contribution < -0.4 is 10.8 Å². The fraction of sp³-hybridized carbons (Fsp3) is 0.286. The second kappa shape index (κ2) is 6.75. The van der Waals surface area contributed by atoms with Crippen molar-refractivity contribution in [2.24, 2.45) is 0 Å². The first-order valence-electron chi connectivity index (χ1n) is 6.45. The van der Waals surface area contributed by atoms with Crippen LogP contribution in [0.25, 0.3) is 0 Å². The number of hydrogen-bond acceptors (Lipinski definition) is 2. The van der Waals surface area contributed by atoms with E-state index in [0.717, 1.165) is 17.3 Å². The SMILES string of the molecule is [B]c1ccc(NC(=O)C(CCC)n2ccc(Br)c2)nc1. The highest BCUT2D eigenvalue weighted by molar-refractivity contribution is 9.10. The topological polar surface area (TPSA) is 46.9 Å². The summed E-state index contributed by atoms with van der Waals surface area (Å²) in [4.78, 5) is 16.5. The van der Waals surface area contributed by atoms with Gasteiger partial charge in [-0.1, -0.05) is 24.9 Å². The van der Waals surface area contributed by atoms with Crippen molar-refractivity contribution >= 4 is 41.0 Å². The van der Waals surface area contributed by atoms with Crippen molar-refractivity contribution in [3.05, 3.63) is 41.3 Å². The van der Waals surface area contributed by atoms with Crippen LogP contribution in [0.1, 0.15) is 25.8 Å². The Kier molecular flexibility index (Phi) is 5.01. The minimum absolute atomic E-state index is 0.0766. The second-order valence-corrected chi connectivity index (χ2v) is 5.46. The summed E-state index contributed by atoms with van der Waals surface area (Å²) < 4.78 is 2.86. The third-order valence-corrected chi connectivity index (χ3v) is 3.41. The Balaban J connectivity index is 2.13. The number of amides is 1. The van der Waals surface area contributed by atoms with Crippen LogP contribution in [0.15, 0.2) is 41.3 Å². The van der Waals surface area contributed by atoms with E-state index in [1.807, 2.05) is 23.0 Å². The molecular weight excluding hydrogens is 317 g/mol. The molecule has 0 bridgehead atoms. The zero-order valence-electron chi connectivity index (χ0n) is 11.2. The number of anilines is 1. The molecule has 0 aliphatic rings. The van der Waals surface area contributed by atoms with Gasteiger partial charge >= 0.3 is 0 Å². The molecular formula is C14H15BBrN3O. The van der Waals surface area contributed by atoms with E-state index in [1.54, 1.807) is 12.1 Å².